The molecule has 4 nitrogen and oxygen atoms in total. The van der Waals surface area contributed by atoms with Crippen LogP contribution in [0.3, 0.4) is 0 Å². The molecule has 0 unspecified atom stereocenters. The predicted octanol–water partition coefficient (Wildman–Crippen LogP) is 0.283. The first-order valence-electron chi connectivity index (χ1n) is 3.22. The van der Waals surface area contributed by atoms with Crippen molar-refractivity contribution in [2.24, 2.45) is 5.73 Å². The summed E-state index contributed by atoms with van der Waals surface area (Å²) in [6, 6.07) is 0. The van der Waals surface area contributed by atoms with Gasteiger partial charge in [-0.15, -0.1) is 0 Å². The van der Waals surface area contributed by atoms with Crippen LogP contribution >= 0.6 is 11.3 Å². The van der Waals surface area contributed by atoms with E-state index in [0.29, 0.717) is 5.56 Å². The fraction of sp³-hybridized carbons (Fsp3) is 0. The second-order valence-electron chi connectivity index (χ2n) is 2.12. The molecule has 1 rings (SSSR count). The number of rotatable bonds is 1. The lowest BCUT2D eigenvalue weighted by molar-refractivity contribution is -0.112. The van der Waals surface area contributed by atoms with Crippen molar-refractivity contribution in [1.29, 1.82) is 0 Å². The molecule has 5 heteroatoms. The van der Waals surface area contributed by atoms with E-state index in [-0.39, 0.29) is 5.56 Å². The third-order valence-electron chi connectivity index (χ3n) is 1.21. The molecule has 0 aromatic carbocycles. The summed E-state index contributed by atoms with van der Waals surface area (Å²) in [5.41, 5.74) is 5.19. The lowest BCUT2D eigenvalue weighted by Crippen LogP contribution is -2.06. The molecule has 0 aliphatic heterocycles. The Bertz CT molecular complexity index is 411. The van der Waals surface area contributed by atoms with Gasteiger partial charge in [0.2, 0.25) is 0 Å². The van der Waals surface area contributed by atoms with Crippen LogP contribution in [0, 0.1) is 11.8 Å². The van der Waals surface area contributed by atoms with Crippen LogP contribution in [0.5, 0.6) is 0 Å². The third-order valence-corrected chi connectivity index (χ3v) is 1.96. The van der Waals surface area contributed by atoms with Crippen LogP contribution in [0.15, 0.2) is 10.8 Å². The second-order valence-corrected chi connectivity index (χ2v) is 2.86. The molecule has 1 aromatic heterocycles. The SMILES string of the molecule is NC(=O)C#Cc1cscc1C(=O)O. The molecule has 66 valence electrons. The minimum absolute atomic E-state index is 0.0961. The number of nitrogens with two attached hydrogens (primary N) is 1. The number of amides is 1. The van der Waals surface area contributed by atoms with Gasteiger partial charge in [-0.05, 0) is 0 Å². The van der Waals surface area contributed by atoms with Crippen molar-refractivity contribution in [3.05, 3.63) is 21.9 Å². The van der Waals surface area contributed by atoms with E-state index >= 15 is 0 Å². The monoisotopic (exact) mass is 195 g/mol. The lowest BCUT2D eigenvalue weighted by atomic mass is 10.2. The van der Waals surface area contributed by atoms with E-state index in [0.717, 1.165) is 0 Å². The van der Waals surface area contributed by atoms with Gasteiger partial charge in [0.25, 0.3) is 5.91 Å². The normalized spacial score (nSPS) is 8.62. The first kappa shape index (κ1) is 9.29. The van der Waals surface area contributed by atoms with Gasteiger partial charge in [-0.1, -0.05) is 5.92 Å². The summed E-state index contributed by atoms with van der Waals surface area (Å²) in [5, 5.41) is 11.6. The van der Waals surface area contributed by atoms with Crippen molar-refractivity contribution in [1.82, 2.24) is 0 Å². The molecular formula is C8H5NO3S. The van der Waals surface area contributed by atoms with Gasteiger partial charge in [-0.25, -0.2) is 4.79 Å². The number of carboxylic acid groups (broad SMARTS) is 1. The van der Waals surface area contributed by atoms with Crippen LogP contribution in [0.2, 0.25) is 0 Å². The molecule has 1 heterocycles. The first-order chi connectivity index (χ1) is 6.11. The second kappa shape index (κ2) is 3.74. The van der Waals surface area contributed by atoms with Crippen LogP contribution in [-0.4, -0.2) is 17.0 Å². The van der Waals surface area contributed by atoms with Crippen molar-refractivity contribution in [3.8, 4) is 11.8 Å². The Kier molecular flexibility index (Phi) is 2.67. The zero-order valence-corrected chi connectivity index (χ0v) is 7.22. The number of carbonyl (C=O) groups excluding carboxylic acids is 1. The van der Waals surface area contributed by atoms with E-state index in [1.165, 1.54) is 16.7 Å². The number of carbonyl (C=O) groups is 2. The Morgan fingerprint density at radius 2 is 2.15 bits per heavy atom. The molecule has 1 aromatic rings. The quantitative estimate of drug-likeness (QED) is 0.632. The van der Waals surface area contributed by atoms with Crippen molar-refractivity contribution >= 4 is 23.2 Å². The summed E-state index contributed by atoms with van der Waals surface area (Å²) >= 11 is 1.21. The van der Waals surface area contributed by atoms with Gasteiger partial charge in [0.05, 0.1) is 11.1 Å². The van der Waals surface area contributed by atoms with Crippen LogP contribution in [0.4, 0.5) is 0 Å². The molecular weight excluding hydrogens is 190 g/mol. The van der Waals surface area contributed by atoms with Gasteiger partial charge in [-0.3, -0.25) is 4.79 Å². The maximum absolute atomic E-state index is 10.6. The number of hydrogen-bond acceptors (Lipinski definition) is 3. The third kappa shape index (κ3) is 2.32. The summed E-state index contributed by atoms with van der Waals surface area (Å²) in [5.74, 6) is 2.62. The molecule has 1 amide bonds. The molecule has 0 aliphatic carbocycles. The van der Waals surface area contributed by atoms with E-state index < -0.39 is 11.9 Å². The zero-order chi connectivity index (χ0) is 9.84. The van der Waals surface area contributed by atoms with E-state index in [4.69, 9.17) is 10.8 Å². The Hall–Kier alpha value is -1.80. The van der Waals surface area contributed by atoms with Gasteiger partial charge in [-0.2, -0.15) is 11.3 Å². The minimum atomic E-state index is -1.06. The number of aromatic carboxylic acids is 1. The van der Waals surface area contributed by atoms with Crippen molar-refractivity contribution < 1.29 is 14.7 Å². The Morgan fingerprint density at radius 3 is 2.69 bits per heavy atom. The van der Waals surface area contributed by atoms with Crippen molar-refractivity contribution in [3.63, 3.8) is 0 Å². The van der Waals surface area contributed by atoms with E-state index in [9.17, 15) is 9.59 Å². The highest BCUT2D eigenvalue weighted by molar-refractivity contribution is 7.08. The molecule has 13 heavy (non-hydrogen) atoms. The van der Waals surface area contributed by atoms with E-state index in [1.807, 2.05) is 0 Å². The molecule has 0 spiro atoms. The highest BCUT2D eigenvalue weighted by atomic mass is 32.1. The Labute approximate surface area is 78.0 Å². The number of hydrogen-bond donors (Lipinski definition) is 2. The summed E-state index contributed by atoms with van der Waals surface area (Å²) < 4.78 is 0. The van der Waals surface area contributed by atoms with Crippen molar-refractivity contribution in [2.75, 3.05) is 0 Å². The fourth-order valence-corrected chi connectivity index (χ4v) is 1.44. The standard InChI is InChI=1S/C8H5NO3S/c9-7(10)2-1-5-3-13-4-6(5)8(11)12/h3-4H,(H2,9,10)(H,11,12). The maximum atomic E-state index is 10.6. The molecule has 0 bridgehead atoms. The zero-order valence-electron chi connectivity index (χ0n) is 6.40. The van der Waals surface area contributed by atoms with Gasteiger partial charge in [0.1, 0.15) is 0 Å². The molecule has 0 atom stereocenters. The van der Waals surface area contributed by atoms with Crippen LogP contribution in [0.1, 0.15) is 15.9 Å². The molecule has 0 radical (unpaired) electrons. The molecule has 0 saturated carbocycles. The average molecular weight is 195 g/mol. The average Bonchev–Trinajstić information content (AvgIpc) is 2.47. The molecule has 3 N–H and O–H groups in total. The van der Waals surface area contributed by atoms with Gasteiger partial charge >= 0.3 is 5.97 Å². The first-order valence-corrected chi connectivity index (χ1v) is 4.16. The van der Waals surface area contributed by atoms with Gasteiger partial charge in [0, 0.05) is 16.7 Å². The highest BCUT2D eigenvalue weighted by Gasteiger charge is 2.08. The molecule has 0 aliphatic rings. The summed E-state index contributed by atoms with van der Waals surface area (Å²) in [4.78, 5) is 20.8. The summed E-state index contributed by atoms with van der Waals surface area (Å²) in [6.45, 7) is 0. The van der Waals surface area contributed by atoms with Gasteiger partial charge < -0.3 is 10.8 Å². The highest BCUT2D eigenvalue weighted by Crippen LogP contribution is 2.13. The van der Waals surface area contributed by atoms with Crippen LogP contribution in [0.25, 0.3) is 0 Å². The topological polar surface area (TPSA) is 80.4 Å². The number of primary amides is 1. The lowest BCUT2D eigenvalue weighted by Gasteiger charge is -1.87. The fourth-order valence-electron chi connectivity index (χ4n) is 0.688. The molecule has 0 saturated heterocycles. The van der Waals surface area contributed by atoms with Crippen LogP contribution < -0.4 is 5.73 Å². The summed E-state index contributed by atoms with van der Waals surface area (Å²) in [6.07, 6.45) is 0. The van der Waals surface area contributed by atoms with Gasteiger partial charge in [0.15, 0.2) is 0 Å². The van der Waals surface area contributed by atoms with Crippen molar-refractivity contribution in [2.45, 2.75) is 0 Å². The smallest absolute Gasteiger partial charge is 0.337 e. The summed E-state index contributed by atoms with van der Waals surface area (Å²) in [7, 11) is 0. The number of carboxylic acids is 1. The van der Waals surface area contributed by atoms with E-state index in [2.05, 4.69) is 11.8 Å². The maximum Gasteiger partial charge on any atom is 0.337 e. The Morgan fingerprint density at radius 1 is 1.46 bits per heavy atom. The Balaban J connectivity index is 3.04. The minimum Gasteiger partial charge on any atom is -0.478 e. The van der Waals surface area contributed by atoms with E-state index in [1.54, 1.807) is 5.38 Å². The predicted molar refractivity (Wildman–Crippen MR) is 47.4 cm³/mol. The molecule has 0 fully saturated rings. The number of thiophene rings is 1. The largest absolute Gasteiger partial charge is 0.478 e. The van der Waals surface area contributed by atoms with Crippen LogP contribution in [-0.2, 0) is 4.79 Å².